The van der Waals surface area contributed by atoms with Crippen LogP contribution in [0.2, 0.25) is 0 Å². The third-order valence-corrected chi connectivity index (χ3v) is 7.26. The Labute approximate surface area is 239 Å². The smallest absolute Gasteiger partial charge is 0.407 e. The minimum absolute atomic E-state index is 0.112. The molecule has 0 radical (unpaired) electrons. The zero-order chi connectivity index (χ0) is 29.5. The Bertz CT molecular complexity index is 1360. The van der Waals surface area contributed by atoms with Crippen LogP contribution >= 0.6 is 0 Å². The molecule has 5 N–H and O–H groups in total. The molecule has 9 heteroatoms. The normalized spacial score (nSPS) is 14.2. The zero-order valence-corrected chi connectivity index (χ0v) is 23.4. The summed E-state index contributed by atoms with van der Waals surface area (Å²) in [6.45, 7) is 5.17. The van der Waals surface area contributed by atoms with Gasteiger partial charge in [-0.05, 0) is 40.7 Å². The van der Waals surface area contributed by atoms with E-state index in [1.54, 1.807) is 13.8 Å². The summed E-state index contributed by atoms with van der Waals surface area (Å²) >= 11 is 0. The standard InChI is InChI=1S/C32H36N4O5/c1-19(2)28(31(39)34-20(3)30(38)35-27(29(33)37)17-21-11-5-4-6-12-21)36-32(40)41-18-26-24-15-9-7-13-22(24)23-14-8-10-16-25(23)26/h4-16,19-20,26-28H,17-18H2,1-3H3,(H2,33,37)(H,34,39)(H,35,38)(H,36,40)/t20-,27-,28-/m0/s1. The second kappa shape index (κ2) is 13.1. The number of hydrogen-bond acceptors (Lipinski definition) is 5. The topological polar surface area (TPSA) is 140 Å². The van der Waals surface area contributed by atoms with E-state index in [-0.39, 0.29) is 24.9 Å². The molecule has 0 saturated carbocycles. The lowest BCUT2D eigenvalue weighted by atomic mass is 9.98. The Balaban J connectivity index is 1.33. The van der Waals surface area contributed by atoms with Crippen LogP contribution in [0, 0.1) is 5.92 Å². The molecule has 0 bridgehead atoms. The highest BCUT2D eigenvalue weighted by Crippen LogP contribution is 2.44. The SMILES string of the molecule is CC(C)[C@H](NC(=O)OCC1c2ccccc2-c2ccccc21)C(=O)N[C@@H](C)C(=O)N[C@@H](Cc1ccccc1)C(N)=O. The van der Waals surface area contributed by atoms with Crippen LogP contribution in [0.1, 0.15) is 43.4 Å². The van der Waals surface area contributed by atoms with Crippen molar-refractivity contribution in [2.45, 2.75) is 51.2 Å². The number of rotatable bonds is 11. The van der Waals surface area contributed by atoms with Gasteiger partial charge in [-0.25, -0.2) is 4.79 Å². The van der Waals surface area contributed by atoms with E-state index in [0.717, 1.165) is 27.8 Å². The van der Waals surface area contributed by atoms with Crippen LogP contribution in [-0.4, -0.2) is 48.5 Å². The number of benzene rings is 3. The van der Waals surface area contributed by atoms with Crippen molar-refractivity contribution in [2.75, 3.05) is 6.61 Å². The van der Waals surface area contributed by atoms with Crippen LogP contribution in [0.15, 0.2) is 78.9 Å². The molecule has 4 amide bonds. The lowest BCUT2D eigenvalue weighted by Crippen LogP contribution is -2.56. The molecule has 0 heterocycles. The summed E-state index contributed by atoms with van der Waals surface area (Å²) in [7, 11) is 0. The number of carbonyl (C=O) groups excluding carboxylic acids is 4. The fraction of sp³-hybridized carbons (Fsp3) is 0.312. The molecule has 1 aliphatic rings. The average molecular weight is 557 g/mol. The number of primary amides is 1. The van der Waals surface area contributed by atoms with E-state index in [9.17, 15) is 19.2 Å². The van der Waals surface area contributed by atoms with Gasteiger partial charge in [0, 0.05) is 12.3 Å². The Morgan fingerprint density at radius 3 is 1.88 bits per heavy atom. The Hall–Kier alpha value is -4.66. The predicted molar refractivity (Wildman–Crippen MR) is 156 cm³/mol. The van der Waals surface area contributed by atoms with Gasteiger partial charge in [0.25, 0.3) is 0 Å². The molecule has 214 valence electrons. The van der Waals surface area contributed by atoms with Gasteiger partial charge in [0.2, 0.25) is 17.7 Å². The number of hydrogen-bond donors (Lipinski definition) is 4. The number of carbonyl (C=O) groups is 4. The number of nitrogens with two attached hydrogens (primary N) is 1. The first kappa shape index (κ1) is 29.3. The highest BCUT2D eigenvalue weighted by atomic mass is 16.5. The molecule has 0 aliphatic heterocycles. The lowest BCUT2D eigenvalue weighted by Gasteiger charge is -2.25. The number of alkyl carbamates (subject to hydrolysis) is 1. The summed E-state index contributed by atoms with van der Waals surface area (Å²) in [6, 6.07) is 22.3. The first-order chi connectivity index (χ1) is 19.7. The third-order valence-electron chi connectivity index (χ3n) is 7.26. The molecule has 0 aromatic heterocycles. The van der Waals surface area contributed by atoms with Crippen LogP contribution in [0.25, 0.3) is 11.1 Å². The predicted octanol–water partition coefficient (Wildman–Crippen LogP) is 3.27. The largest absolute Gasteiger partial charge is 0.449 e. The molecule has 0 fully saturated rings. The molecule has 9 nitrogen and oxygen atoms in total. The van der Waals surface area contributed by atoms with E-state index >= 15 is 0 Å². The maximum absolute atomic E-state index is 13.1. The minimum Gasteiger partial charge on any atom is -0.449 e. The lowest BCUT2D eigenvalue weighted by molar-refractivity contribution is -0.131. The van der Waals surface area contributed by atoms with Crippen LogP contribution in [0.4, 0.5) is 4.79 Å². The van der Waals surface area contributed by atoms with Crippen molar-refractivity contribution in [1.82, 2.24) is 16.0 Å². The van der Waals surface area contributed by atoms with Crippen LogP contribution in [0.5, 0.6) is 0 Å². The van der Waals surface area contributed by atoms with Crippen LogP contribution < -0.4 is 21.7 Å². The summed E-state index contributed by atoms with van der Waals surface area (Å²) in [5.41, 5.74) is 10.7. The quantitative estimate of drug-likeness (QED) is 0.287. The molecule has 1 aliphatic carbocycles. The highest BCUT2D eigenvalue weighted by molar-refractivity contribution is 5.93. The Kier molecular flexibility index (Phi) is 9.39. The molecule has 3 aromatic carbocycles. The first-order valence-corrected chi connectivity index (χ1v) is 13.7. The van der Waals surface area contributed by atoms with Crippen molar-refractivity contribution < 1.29 is 23.9 Å². The summed E-state index contributed by atoms with van der Waals surface area (Å²) in [5.74, 6) is -2.20. The van der Waals surface area contributed by atoms with Gasteiger partial charge in [0.15, 0.2) is 0 Å². The van der Waals surface area contributed by atoms with Gasteiger partial charge in [0.1, 0.15) is 24.7 Å². The monoisotopic (exact) mass is 556 g/mol. The Morgan fingerprint density at radius 2 is 1.32 bits per heavy atom. The molecule has 4 rings (SSSR count). The van der Waals surface area contributed by atoms with Crippen molar-refractivity contribution in [2.24, 2.45) is 11.7 Å². The number of nitrogens with one attached hydrogen (secondary N) is 3. The fourth-order valence-corrected chi connectivity index (χ4v) is 5.04. The first-order valence-electron chi connectivity index (χ1n) is 13.7. The van der Waals surface area contributed by atoms with Gasteiger partial charge in [-0.3, -0.25) is 14.4 Å². The van der Waals surface area contributed by atoms with E-state index in [2.05, 4.69) is 28.1 Å². The van der Waals surface area contributed by atoms with Gasteiger partial charge in [-0.15, -0.1) is 0 Å². The van der Waals surface area contributed by atoms with Crippen molar-refractivity contribution in [3.63, 3.8) is 0 Å². The maximum Gasteiger partial charge on any atom is 0.407 e. The van der Waals surface area contributed by atoms with Crippen molar-refractivity contribution >= 4 is 23.8 Å². The molecular formula is C32H36N4O5. The number of fused-ring (bicyclic) bond motifs is 3. The van der Waals surface area contributed by atoms with Gasteiger partial charge in [-0.2, -0.15) is 0 Å². The molecule has 0 saturated heterocycles. The van der Waals surface area contributed by atoms with E-state index in [1.165, 1.54) is 6.92 Å². The molecule has 0 spiro atoms. The van der Waals surface area contributed by atoms with Crippen LogP contribution in [0.3, 0.4) is 0 Å². The van der Waals surface area contributed by atoms with Gasteiger partial charge in [0.05, 0.1) is 0 Å². The third kappa shape index (κ3) is 7.11. The van der Waals surface area contributed by atoms with Gasteiger partial charge < -0.3 is 26.4 Å². The molecular weight excluding hydrogens is 520 g/mol. The van der Waals surface area contributed by atoms with E-state index in [1.807, 2.05) is 66.7 Å². The average Bonchev–Trinajstić information content (AvgIpc) is 3.28. The van der Waals surface area contributed by atoms with Crippen molar-refractivity contribution in [3.05, 3.63) is 95.6 Å². The summed E-state index contributed by atoms with van der Waals surface area (Å²) < 4.78 is 5.60. The molecule has 0 unspecified atom stereocenters. The Morgan fingerprint density at radius 1 is 0.756 bits per heavy atom. The molecule has 41 heavy (non-hydrogen) atoms. The highest BCUT2D eigenvalue weighted by Gasteiger charge is 2.31. The van der Waals surface area contributed by atoms with Crippen LogP contribution in [-0.2, 0) is 25.5 Å². The molecule has 3 atom stereocenters. The second-order valence-electron chi connectivity index (χ2n) is 10.6. The van der Waals surface area contributed by atoms with E-state index < -0.39 is 41.9 Å². The zero-order valence-electron chi connectivity index (χ0n) is 23.4. The summed E-state index contributed by atoms with van der Waals surface area (Å²) in [6.07, 6.45) is -0.505. The second-order valence-corrected chi connectivity index (χ2v) is 10.6. The van der Waals surface area contributed by atoms with E-state index in [4.69, 9.17) is 10.5 Å². The minimum atomic E-state index is -0.981. The number of ether oxygens (including phenoxy) is 1. The summed E-state index contributed by atoms with van der Waals surface area (Å²) in [4.78, 5) is 50.7. The van der Waals surface area contributed by atoms with Crippen molar-refractivity contribution in [1.29, 1.82) is 0 Å². The van der Waals surface area contributed by atoms with Gasteiger partial charge in [-0.1, -0.05) is 92.7 Å². The summed E-state index contributed by atoms with van der Waals surface area (Å²) in [5, 5.41) is 7.88. The van der Waals surface area contributed by atoms with Crippen molar-refractivity contribution in [3.8, 4) is 11.1 Å². The fourth-order valence-electron chi connectivity index (χ4n) is 5.04. The van der Waals surface area contributed by atoms with Gasteiger partial charge >= 0.3 is 6.09 Å². The number of amides is 4. The maximum atomic E-state index is 13.1. The molecule has 3 aromatic rings. The van der Waals surface area contributed by atoms with E-state index in [0.29, 0.717) is 0 Å².